The van der Waals surface area contributed by atoms with Gasteiger partial charge in [-0.1, -0.05) is 13.8 Å². The van der Waals surface area contributed by atoms with E-state index in [-0.39, 0.29) is 5.91 Å². The zero-order valence-electron chi connectivity index (χ0n) is 8.76. The summed E-state index contributed by atoms with van der Waals surface area (Å²) in [4.78, 5) is 11.3. The summed E-state index contributed by atoms with van der Waals surface area (Å²) in [5, 5.41) is 3.33. The maximum Gasteiger partial charge on any atom is 0.237 e. The van der Waals surface area contributed by atoms with E-state index in [1.807, 2.05) is 0 Å². The molecule has 1 amide bonds. The topological polar surface area (TPSA) is 55.1 Å². The molecular weight excluding hydrogens is 164 g/mol. The lowest BCUT2D eigenvalue weighted by molar-refractivity contribution is -0.130. The molecule has 0 saturated heterocycles. The Labute approximate surface area is 80.1 Å². The first-order valence-corrected chi connectivity index (χ1v) is 5.08. The number of carbonyl (C=O) groups excluding carboxylic acids is 1. The Balaban J connectivity index is 2.55. The summed E-state index contributed by atoms with van der Waals surface area (Å²) in [6, 6.07) is 0.375. The predicted molar refractivity (Wildman–Crippen MR) is 53.2 cm³/mol. The number of hydrogen-bond donors (Lipinski definition) is 2. The van der Waals surface area contributed by atoms with Crippen molar-refractivity contribution in [1.29, 1.82) is 0 Å². The molecule has 0 aliphatic heterocycles. The first-order valence-electron chi connectivity index (χ1n) is 5.08. The molecule has 3 nitrogen and oxygen atoms in total. The van der Waals surface area contributed by atoms with Crippen LogP contribution in [0, 0.1) is 5.92 Å². The van der Waals surface area contributed by atoms with E-state index in [1.54, 1.807) is 0 Å². The number of carbonyl (C=O) groups is 1. The van der Waals surface area contributed by atoms with Crippen molar-refractivity contribution in [3.63, 3.8) is 0 Å². The normalized spacial score (nSPS) is 35.2. The van der Waals surface area contributed by atoms with E-state index in [9.17, 15) is 4.79 Å². The summed E-state index contributed by atoms with van der Waals surface area (Å²) < 4.78 is 0. The Morgan fingerprint density at radius 2 is 2.23 bits per heavy atom. The van der Waals surface area contributed by atoms with Gasteiger partial charge in [0.05, 0.1) is 5.54 Å². The number of nitrogens with one attached hydrogen (secondary N) is 1. The molecule has 0 spiro atoms. The van der Waals surface area contributed by atoms with E-state index in [2.05, 4.69) is 26.1 Å². The quantitative estimate of drug-likeness (QED) is 0.685. The van der Waals surface area contributed by atoms with E-state index in [0.717, 1.165) is 19.3 Å². The molecule has 1 fully saturated rings. The molecule has 3 N–H and O–H groups in total. The third kappa shape index (κ3) is 2.02. The molecule has 1 unspecified atom stereocenters. The van der Waals surface area contributed by atoms with Crippen molar-refractivity contribution in [3.8, 4) is 0 Å². The number of amides is 1. The smallest absolute Gasteiger partial charge is 0.237 e. The second kappa shape index (κ2) is 3.66. The standard InChI is InChI=1S/C10H20N2O/c1-4-8(3)12-10(9(11)13)5-7(2)6-10/h7-8,12H,4-6H2,1-3H3,(H2,11,13). The molecule has 1 aliphatic carbocycles. The highest BCUT2D eigenvalue weighted by Gasteiger charge is 2.47. The molecule has 1 saturated carbocycles. The molecule has 0 aromatic carbocycles. The number of nitrogens with two attached hydrogens (primary N) is 1. The van der Waals surface area contributed by atoms with Crippen molar-refractivity contribution < 1.29 is 4.79 Å². The molecule has 1 atom stereocenters. The average molecular weight is 184 g/mol. The Bertz CT molecular complexity index is 197. The first-order chi connectivity index (χ1) is 6.00. The van der Waals surface area contributed by atoms with Crippen LogP contribution < -0.4 is 11.1 Å². The maximum atomic E-state index is 11.3. The van der Waals surface area contributed by atoms with Crippen LogP contribution in [0.2, 0.25) is 0 Å². The SMILES string of the molecule is CCC(C)NC1(C(N)=O)CC(C)C1. The van der Waals surface area contributed by atoms with Crippen molar-refractivity contribution in [2.45, 2.75) is 51.6 Å². The fraction of sp³-hybridized carbons (Fsp3) is 0.900. The van der Waals surface area contributed by atoms with Crippen LogP contribution in [0.3, 0.4) is 0 Å². The fourth-order valence-corrected chi connectivity index (χ4v) is 2.09. The van der Waals surface area contributed by atoms with Gasteiger partial charge in [0.1, 0.15) is 0 Å². The minimum Gasteiger partial charge on any atom is -0.368 e. The molecule has 76 valence electrons. The molecular formula is C10H20N2O. The molecule has 0 aromatic rings. The summed E-state index contributed by atoms with van der Waals surface area (Å²) in [6.07, 6.45) is 2.82. The first kappa shape index (κ1) is 10.5. The largest absolute Gasteiger partial charge is 0.368 e. The fourth-order valence-electron chi connectivity index (χ4n) is 2.09. The lowest BCUT2D eigenvalue weighted by atomic mass is 9.68. The monoisotopic (exact) mass is 184 g/mol. The number of rotatable bonds is 4. The summed E-state index contributed by atoms with van der Waals surface area (Å²) in [7, 11) is 0. The summed E-state index contributed by atoms with van der Waals surface area (Å²) in [6.45, 7) is 6.35. The van der Waals surface area contributed by atoms with Crippen LogP contribution in [0.15, 0.2) is 0 Å². The van der Waals surface area contributed by atoms with Crippen LogP contribution >= 0.6 is 0 Å². The summed E-state index contributed by atoms with van der Waals surface area (Å²) >= 11 is 0. The summed E-state index contributed by atoms with van der Waals surface area (Å²) in [5.74, 6) is 0.440. The van der Waals surface area contributed by atoms with Gasteiger partial charge >= 0.3 is 0 Å². The molecule has 0 aromatic heterocycles. The van der Waals surface area contributed by atoms with E-state index in [1.165, 1.54) is 0 Å². The lowest BCUT2D eigenvalue weighted by Crippen LogP contribution is -2.64. The molecule has 0 bridgehead atoms. The van der Waals surface area contributed by atoms with Gasteiger partial charge in [-0.15, -0.1) is 0 Å². The highest BCUT2D eigenvalue weighted by Crippen LogP contribution is 2.37. The molecule has 3 heteroatoms. The maximum absolute atomic E-state index is 11.3. The van der Waals surface area contributed by atoms with Gasteiger partial charge in [0.15, 0.2) is 0 Å². The zero-order chi connectivity index (χ0) is 10.1. The van der Waals surface area contributed by atoms with Crippen LogP contribution in [-0.4, -0.2) is 17.5 Å². The van der Waals surface area contributed by atoms with Gasteiger partial charge in [0.2, 0.25) is 5.91 Å². The third-order valence-electron chi connectivity index (χ3n) is 3.00. The minimum atomic E-state index is -0.394. The van der Waals surface area contributed by atoms with E-state index in [4.69, 9.17) is 5.73 Å². The number of hydrogen-bond acceptors (Lipinski definition) is 2. The van der Waals surface area contributed by atoms with Gasteiger partial charge in [0.25, 0.3) is 0 Å². The van der Waals surface area contributed by atoms with Gasteiger partial charge in [-0.3, -0.25) is 4.79 Å². The van der Waals surface area contributed by atoms with Gasteiger partial charge in [-0.2, -0.15) is 0 Å². The second-order valence-corrected chi connectivity index (χ2v) is 4.41. The van der Waals surface area contributed by atoms with Crippen LogP contribution in [0.4, 0.5) is 0 Å². The molecule has 1 aliphatic rings. The molecule has 0 heterocycles. The Morgan fingerprint density at radius 3 is 2.54 bits per heavy atom. The third-order valence-corrected chi connectivity index (χ3v) is 3.00. The van der Waals surface area contributed by atoms with Crippen LogP contribution in [0.25, 0.3) is 0 Å². The lowest BCUT2D eigenvalue weighted by Gasteiger charge is -2.46. The van der Waals surface area contributed by atoms with Crippen molar-refractivity contribution in [2.24, 2.45) is 11.7 Å². The van der Waals surface area contributed by atoms with Gasteiger partial charge in [-0.25, -0.2) is 0 Å². The molecule has 1 rings (SSSR count). The van der Waals surface area contributed by atoms with E-state index < -0.39 is 5.54 Å². The average Bonchev–Trinajstić information content (AvgIpc) is 2.00. The van der Waals surface area contributed by atoms with Crippen LogP contribution in [0.1, 0.15) is 40.0 Å². The molecule has 13 heavy (non-hydrogen) atoms. The minimum absolute atomic E-state index is 0.189. The Morgan fingerprint density at radius 1 is 1.69 bits per heavy atom. The van der Waals surface area contributed by atoms with Gasteiger partial charge in [-0.05, 0) is 32.1 Å². The van der Waals surface area contributed by atoms with Crippen molar-refractivity contribution >= 4 is 5.91 Å². The van der Waals surface area contributed by atoms with Gasteiger partial charge < -0.3 is 11.1 Å². The second-order valence-electron chi connectivity index (χ2n) is 4.41. The Hall–Kier alpha value is -0.570. The van der Waals surface area contributed by atoms with Crippen molar-refractivity contribution in [3.05, 3.63) is 0 Å². The van der Waals surface area contributed by atoms with E-state index in [0.29, 0.717) is 12.0 Å². The number of primary amides is 1. The Kier molecular flexibility index (Phi) is 2.96. The van der Waals surface area contributed by atoms with Crippen LogP contribution in [-0.2, 0) is 4.79 Å². The highest BCUT2D eigenvalue weighted by atomic mass is 16.1. The summed E-state index contributed by atoms with van der Waals surface area (Å²) in [5.41, 5.74) is 5.00. The van der Waals surface area contributed by atoms with Crippen molar-refractivity contribution in [2.75, 3.05) is 0 Å². The van der Waals surface area contributed by atoms with E-state index >= 15 is 0 Å². The zero-order valence-corrected chi connectivity index (χ0v) is 8.76. The van der Waals surface area contributed by atoms with Crippen molar-refractivity contribution in [1.82, 2.24) is 5.32 Å². The van der Waals surface area contributed by atoms with Crippen LogP contribution in [0.5, 0.6) is 0 Å². The highest BCUT2D eigenvalue weighted by molar-refractivity contribution is 5.85. The van der Waals surface area contributed by atoms with Gasteiger partial charge in [0, 0.05) is 6.04 Å². The predicted octanol–water partition coefficient (Wildman–Crippen LogP) is 1.03. The molecule has 0 radical (unpaired) electrons.